The van der Waals surface area contributed by atoms with E-state index in [-0.39, 0.29) is 12.4 Å². The highest BCUT2D eigenvalue weighted by Crippen LogP contribution is 2.15. The van der Waals surface area contributed by atoms with E-state index >= 15 is 0 Å². The number of methoxy groups -OCH3 is 1. The van der Waals surface area contributed by atoms with E-state index in [2.05, 4.69) is 27.2 Å². The van der Waals surface area contributed by atoms with E-state index in [4.69, 9.17) is 4.74 Å². The monoisotopic (exact) mass is 258 g/mol. The lowest BCUT2D eigenvalue weighted by atomic mass is 10.2. The molecule has 5 nitrogen and oxygen atoms in total. The first-order chi connectivity index (χ1) is 7.81. The van der Waals surface area contributed by atoms with Gasteiger partial charge in [-0.15, -0.1) is 12.4 Å². The lowest BCUT2D eigenvalue weighted by Gasteiger charge is -2.23. The molecule has 0 spiro atoms. The molecule has 6 heteroatoms. The maximum absolute atomic E-state index is 5.19. The number of nitrogens with one attached hydrogen (secondary N) is 1. The Bertz CT molecular complexity index is 344. The fourth-order valence-corrected chi connectivity index (χ4v) is 2.01. The van der Waals surface area contributed by atoms with Crippen molar-refractivity contribution in [3.05, 3.63) is 18.1 Å². The van der Waals surface area contributed by atoms with Gasteiger partial charge in [0.05, 0.1) is 7.11 Å². The highest BCUT2D eigenvalue weighted by molar-refractivity contribution is 5.85. The van der Waals surface area contributed by atoms with Crippen LogP contribution in [0.4, 0.5) is 0 Å². The van der Waals surface area contributed by atoms with Crippen molar-refractivity contribution in [3.8, 4) is 5.88 Å². The summed E-state index contributed by atoms with van der Waals surface area (Å²) in [4.78, 5) is 10.8. The predicted molar refractivity (Wildman–Crippen MR) is 68.6 cm³/mol. The number of rotatable bonds is 4. The van der Waals surface area contributed by atoms with Crippen LogP contribution in [0.5, 0.6) is 5.88 Å². The summed E-state index contributed by atoms with van der Waals surface area (Å²) in [6, 6.07) is 0.590. The number of hydrogen-bond donors (Lipinski definition) is 1. The first-order valence-corrected chi connectivity index (χ1v) is 5.56. The normalized spacial score (nSPS) is 19.1. The van der Waals surface area contributed by atoms with Crippen molar-refractivity contribution in [2.45, 2.75) is 19.0 Å². The van der Waals surface area contributed by atoms with Gasteiger partial charge >= 0.3 is 0 Å². The van der Waals surface area contributed by atoms with Crippen molar-refractivity contribution in [3.63, 3.8) is 0 Å². The second-order valence-corrected chi connectivity index (χ2v) is 4.07. The fraction of sp³-hybridized carbons (Fsp3) is 0.636. The van der Waals surface area contributed by atoms with Gasteiger partial charge in [-0.25, -0.2) is 4.98 Å². The van der Waals surface area contributed by atoms with Crippen LogP contribution in [0.1, 0.15) is 12.1 Å². The molecule has 0 saturated carbocycles. The van der Waals surface area contributed by atoms with E-state index in [0.29, 0.717) is 11.9 Å². The molecular formula is C11H19ClN4O. The topological polar surface area (TPSA) is 50.3 Å². The molecule has 1 aromatic rings. The van der Waals surface area contributed by atoms with Crippen molar-refractivity contribution >= 4 is 12.4 Å². The summed E-state index contributed by atoms with van der Waals surface area (Å²) in [5.41, 5.74) is 0.902. The highest BCUT2D eigenvalue weighted by atomic mass is 35.5. The molecule has 2 rings (SSSR count). The second-order valence-electron chi connectivity index (χ2n) is 4.07. The van der Waals surface area contributed by atoms with Gasteiger partial charge in [0.2, 0.25) is 5.88 Å². The number of nitrogens with zero attached hydrogens (tertiary/aromatic N) is 3. The van der Waals surface area contributed by atoms with E-state index in [1.165, 1.54) is 6.42 Å². The third kappa shape index (κ3) is 3.52. The van der Waals surface area contributed by atoms with Gasteiger partial charge < -0.3 is 10.1 Å². The molecular weight excluding hydrogens is 240 g/mol. The molecule has 1 aliphatic heterocycles. The van der Waals surface area contributed by atoms with Crippen LogP contribution >= 0.6 is 12.4 Å². The molecule has 1 atom stereocenters. The average molecular weight is 259 g/mol. The Hall–Kier alpha value is -0.910. The van der Waals surface area contributed by atoms with Crippen LogP contribution < -0.4 is 10.1 Å². The molecule has 1 saturated heterocycles. The van der Waals surface area contributed by atoms with E-state index in [1.807, 2.05) is 0 Å². The van der Waals surface area contributed by atoms with Crippen molar-refractivity contribution in [2.24, 2.45) is 0 Å². The van der Waals surface area contributed by atoms with E-state index < -0.39 is 0 Å². The van der Waals surface area contributed by atoms with E-state index in [1.54, 1.807) is 19.5 Å². The molecule has 17 heavy (non-hydrogen) atoms. The minimum Gasteiger partial charge on any atom is -0.480 e. The lowest BCUT2D eigenvalue weighted by Crippen LogP contribution is -2.33. The molecule has 0 radical (unpaired) electrons. The summed E-state index contributed by atoms with van der Waals surface area (Å²) in [6.07, 6.45) is 4.55. The summed E-state index contributed by atoms with van der Waals surface area (Å²) >= 11 is 0. The molecule has 0 unspecified atom stereocenters. The molecule has 0 amide bonds. The number of aromatic nitrogens is 2. The van der Waals surface area contributed by atoms with E-state index in [9.17, 15) is 0 Å². The van der Waals surface area contributed by atoms with Crippen molar-refractivity contribution in [1.29, 1.82) is 0 Å². The second kappa shape index (κ2) is 6.74. The molecule has 1 aliphatic rings. The molecule has 1 fully saturated rings. The maximum atomic E-state index is 5.19. The minimum absolute atomic E-state index is 0. The first kappa shape index (κ1) is 14.2. The molecule has 96 valence electrons. The molecule has 1 aromatic heterocycles. The molecule has 0 aliphatic carbocycles. The summed E-state index contributed by atoms with van der Waals surface area (Å²) in [5, 5.41) is 3.36. The van der Waals surface area contributed by atoms with Crippen LogP contribution in [-0.2, 0) is 6.54 Å². The number of halogens is 1. The quantitative estimate of drug-likeness (QED) is 0.862. The SMILES string of the molecule is COc1nccnc1CN(C)[C@H]1CCNC1.Cl. The van der Waals surface area contributed by atoms with Crippen molar-refractivity contribution < 1.29 is 4.74 Å². The van der Waals surface area contributed by atoms with Crippen LogP contribution in [-0.4, -0.2) is 48.2 Å². The Kier molecular flexibility index (Phi) is 5.61. The van der Waals surface area contributed by atoms with Gasteiger partial charge in [-0.2, -0.15) is 0 Å². The van der Waals surface area contributed by atoms with E-state index in [0.717, 1.165) is 25.3 Å². The van der Waals surface area contributed by atoms with Gasteiger partial charge in [0.15, 0.2) is 0 Å². The van der Waals surface area contributed by atoms with Crippen LogP contribution in [0.25, 0.3) is 0 Å². The third-order valence-corrected chi connectivity index (χ3v) is 2.99. The Labute approximate surface area is 108 Å². The highest BCUT2D eigenvalue weighted by Gasteiger charge is 2.20. The Morgan fingerprint density at radius 2 is 2.24 bits per heavy atom. The van der Waals surface area contributed by atoms with Gasteiger partial charge in [0.1, 0.15) is 5.69 Å². The molecule has 0 aromatic carbocycles. The van der Waals surface area contributed by atoms with Gasteiger partial charge in [-0.1, -0.05) is 0 Å². The maximum Gasteiger partial charge on any atom is 0.236 e. The van der Waals surface area contributed by atoms with Crippen molar-refractivity contribution in [2.75, 3.05) is 27.2 Å². The largest absolute Gasteiger partial charge is 0.480 e. The van der Waals surface area contributed by atoms with Gasteiger partial charge in [-0.3, -0.25) is 9.88 Å². The van der Waals surface area contributed by atoms with Gasteiger partial charge in [0.25, 0.3) is 0 Å². The third-order valence-electron chi connectivity index (χ3n) is 2.99. The summed E-state index contributed by atoms with van der Waals surface area (Å²) in [7, 11) is 3.75. The smallest absolute Gasteiger partial charge is 0.236 e. The molecule has 2 heterocycles. The Morgan fingerprint density at radius 3 is 2.88 bits per heavy atom. The number of likely N-dealkylation sites (N-methyl/N-ethyl adjacent to an activating group) is 1. The molecule has 1 N–H and O–H groups in total. The van der Waals surface area contributed by atoms with Crippen LogP contribution in [0.15, 0.2) is 12.4 Å². The van der Waals surface area contributed by atoms with Crippen LogP contribution in [0.2, 0.25) is 0 Å². The zero-order chi connectivity index (χ0) is 11.4. The average Bonchev–Trinajstić information content (AvgIpc) is 2.83. The minimum atomic E-state index is 0. The summed E-state index contributed by atoms with van der Waals surface area (Å²) in [6.45, 7) is 2.94. The number of hydrogen-bond acceptors (Lipinski definition) is 5. The van der Waals surface area contributed by atoms with Crippen LogP contribution in [0, 0.1) is 0 Å². The summed E-state index contributed by atoms with van der Waals surface area (Å²) < 4.78 is 5.19. The fourth-order valence-electron chi connectivity index (χ4n) is 2.01. The lowest BCUT2D eigenvalue weighted by molar-refractivity contribution is 0.240. The summed E-state index contributed by atoms with van der Waals surface area (Å²) in [5.74, 6) is 0.625. The Balaban J connectivity index is 0.00000144. The van der Waals surface area contributed by atoms with Crippen LogP contribution in [0.3, 0.4) is 0 Å². The van der Waals surface area contributed by atoms with Crippen molar-refractivity contribution in [1.82, 2.24) is 20.2 Å². The Morgan fingerprint density at radius 1 is 1.47 bits per heavy atom. The zero-order valence-corrected chi connectivity index (χ0v) is 11.0. The number of ether oxygens (including phenoxy) is 1. The molecule has 0 bridgehead atoms. The standard InChI is InChI=1S/C11H18N4O.ClH/c1-15(9-3-4-12-7-9)8-10-11(16-2)14-6-5-13-10;/h5-6,9,12H,3-4,7-8H2,1-2H3;1H/t9-;/m0./s1. The first-order valence-electron chi connectivity index (χ1n) is 5.56. The van der Waals surface area contributed by atoms with Gasteiger partial charge in [-0.05, 0) is 20.0 Å². The predicted octanol–water partition coefficient (Wildman–Crippen LogP) is 0.701. The zero-order valence-electron chi connectivity index (χ0n) is 10.2. The van der Waals surface area contributed by atoms with Gasteiger partial charge in [0, 0.05) is 31.5 Å².